The number of benzene rings is 1. The number of rotatable bonds is 3. The van der Waals surface area contributed by atoms with Crippen LogP contribution in [0, 0.1) is 0 Å². The maximum absolute atomic E-state index is 5.57. The molecule has 0 saturated heterocycles. The molecule has 3 aromatic rings. The van der Waals surface area contributed by atoms with Crippen LogP contribution in [0.4, 0.5) is 0 Å². The average Bonchev–Trinajstić information content (AvgIpc) is 2.71. The number of pyridine rings is 1. The normalized spacial score (nSPS) is 11.4. The Morgan fingerprint density at radius 1 is 1.17 bits per heavy atom. The molecule has 0 atom stereocenters. The standard InChI is InChI=1S/C15H17N3/c1-18-14-5-4-11(3-2-7-16)9-12(14)13-10-17-8-6-15(13)18/h4-6,8-10H,2-3,7,16H2,1H3. The van der Waals surface area contributed by atoms with Crippen molar-refractivity contribution in [2.45, 2.75) is 12.8 Å². The van der Waals surface area contributed by atoms with E-state index in [0.29, 0.717) is 0 Å². The van der Waals surface area contributed by atoms with Crippen molar-refractivity contribution in [2.24, 2.45) is 12.8 Å². The largest absolute Gasteiger partial charge is 0.344 e. The fourth-order valence-electron chi connectivity index (χ4n) is 2.57. The molecular weight excluding hydrogens is 222 g/mol. The van der Waals surface area contributed by atoms with Crippen LogP contribution in [0.1, 0.15) is 12.0 Å². The second kappa shape index (κ2) is 4.42. The van der Waals surface area contributed by atoms with Gasteiger partial charge in [0.2, 0.25) is 0 Å². The van der Waals surface area contributed by atoms with Crippen molar-refractivity contribution < 1.29 is 0 Å². The molecule has 2 N–H and O–H groups in total. The van der Waals surface area contributed by atoms with Crippen molar-refractivity contribution in [2.75, 3.05) is 6.54 Å². The summed E-state index contributed by atoms with van der Waals surface area (Å²) in [7, 11) is 2.10. The van der Waals surface area contributed by atoms with Gasteiger partial charge in [0.25, 0.3) is 0 Å². The Bertz CT molecular complexity index is 697. The Morgan fingerprint density at radius 2 is 2.00 bits per heavy atom. The SMILES string of the molecule is Cn1c2ccncc2c2cc(CCCN)ccc21. The molecule has 3 rings (SSSR count). The number of aryl methyl sites for hydroxylation is 2. The minimum absolute atomic E-state index is 0.745. The predicted octanol–water partition coefficient (Wildman–Crippen LogP) is 2.62. The zero-order chi connectivity index (χ0) is 12.5. The van der Waals surface area contributed by atoms with Crippen molar-refractivity contribution in [3.8, 4) is 0 Å². The molecule has 0 aliphatic heterocycles. The first kappa shape index (κ1) is 11.2. The van der Waals surface area contributed by atoms with Crippen LogP contribution in [0.25, 0.3) is 21.8 Å². The van der Waals surface area contributed by atoms with Crippen LogP contribution in [0.3, 0.4) is 0 Å². The third-order valence-electron chi connectivity index (χ3n) is 3.54. The molecule has 3 heteroatoms. The lowest BCUT2D eigenvalue weighted by Crippen LogP contribution is -2.00. The quantitative estimate of drug-likeness (QED) is 0.763. The van der Waals surface area contributed by atoms with Crippen LogP contribution in [0.15, 0.2) is 36.7 Å². The van der Waals surface area contributed by atoms with Crippen molar-refractivity contribution in [1.29, 1.82) is 0 Å². The lowest BCUT2D eigenvalue weighted by molar-refractivity contribution is 0.833. The predicted molar refractivity (Wildman–Crippen MR) is 75.6 cm³/mol. The highest BCUT2D eigenvalue weighted by atomic mass is 14.9. The summed E-state index contributed by atoms with van der Waals surface area (Å²) in [4.78, 5) is 4.23. The number of fused-ring (bicyclic) bond motifs is 3. The molecular formula is C15H17N3. The minimum atomic E-state index is 0.745. The van der Waals surface area contributed by atoms with Gasteiger partial charge in [0.05, 0.1) is 5.52 Å². The molecule has 0 saturated carbocycles. The Kier molecular flexibility index (Phi) is 2.76. The van der Waals surface area contributed by atoms with Crippen molar-refractivity contribution in [1.82, 2.24) is 9.55 Å². The average molecular weight is 239 g/mol. The van der Waals surface area contributed by atoms with E-state index < -0.39 is 0 Å². The Hall–Kier alpha value is -1.87. The van der Waals surface area contributed by atoms with Crippen LogP contribution in [-0.2, 0) is 13.5 Å². The fourth-order valence-corrected chi connectivity index (χ4v) is 2.57. The van der Waals surface area contributed by atoms with Gasteiger partial charge in [-0.25, -0.2) is 0 Å². The number of hydrogen-bond acceptors (Lipinski definition) is 2. The minimum Gasteiger partial charge on any atom is -0.344 e. The number of aromatic nitrogens is 2. The van der Waals surface area contributed by atoms with Crippen LogP contribution in [-0.4, -0.2) is 16.1 Å². The summed E-state index contributed by atoms with van der Waals surface area (Å²) < 4.78 is 2.22. The van der Waals surface area contributed by atoms with E-state index in [1.165, 1.54) is 27.4 Å². The van der Waals surface area contributed by atoms with Gasteiger partial charge in [-0.3, -0.25) is 4.98 Å². The van der Waals surface area contributed by atoms with E-state index in [4.69, 9.17) is 5.73 Å². The van der Waals surface area contributed by atoms with Gasteiger partial charge in [-0.05, 0) is 43.1 Å². The topological polar surface area (TPSA) is 43.8 Å². The van der Waals surface area contributed by atoms with E-state index in [0.717, 1.165) is 19.4 Å². The summed E-state index contributed by atoms with van der Waals surface area (Å²) in [5, 5.41) is 2.51. The molecule has 0 radical (unpaired) electrons. The maximum atomic E-state index is 5.57. The van der Waals surface area contributed by atoms with E-state index >= 15 is 0 Å². The third-order valence-corrected chi connectivity index (χ3v) is 3.54. The number of nitrogens with zero attached hydrogens (tertiary/aromatic N) is 2. The van der Waals surface area contributed by atoms with Gasteiger partial charge in [-0.1, -0.05) is 6.07 Å². The number of hydrogen-bond donors (Lipinski definition) is 1. The molecule has 0 aliphatic carbocycles. The highest BCUT2D eigenvalue weighted by Crippen LogP contribution is 2.28. The Labute approximate surface area is 106 Å². The second-order valence-electron chi connectivity index (χ2n) is 4.70. The van der Waals surface area contributed by atoms with Gasteiger partial charge in [-0.2, -0.15) is 0 Å². The summed E-state index contributed by atoms with van der Waals surface area (Å²) in [6.45, 7) is 0.745. The van der Waals surface area contributed by atoms with Crippen molar-refractivity contribution in [3.63, 3.8) is 0 Å². The van der Waals surface area contributed by atoms with Gasteiger partial charge in [0, 0.05) is 35.7 Å². The summed E-state index contributed by atoms with van der Waals surface area (Å²) in [5.74, 6) is 0. The molecule has 92 valence electrons. The van der Waals surface area contributed by atoms with Gasteiger partial charge in [0.1, 0.15) is 0 Å². The van der Waals surface area contributed by atoms with Crippen LogP contribution < -0.4 is 5.73 Å². The monoisotopic (exact) mass is 239 g/mol. The molecule has 0 unspecified atom stereocenters. The van der Waals surface area contributed by atoms with E-state index in [1.807, 2.05) is 12.4 Å². The number of nitrogens with two attached hydrogens (primary N) is 1. The van der Waals surface area contributed by atoms with E-state index in [-0.39, 0.29) is 0 Å². The fraction of sp³-hybridized carbons (Fsp3) is 0.267. The molecule has 2 aromatic heterocycles. The molecule has 0 amide bonds. The third kappa shape index (κ3) is 1.68. The first-order valence-corrected chi connectivity index (χ1v) is 6.32. The summed E-state index contributed by atoms with van der Waals surface area (Å²) in [6.07, 6.45) is 5.87. The Morgan fingerprint density at radius 3 is 2.83 bits per heavy atom. The first-order valence-electron chi connectivity index (χ1n) is 6.32. The van der Waals surface area contributed by atoms with Crippen molar-refractivity contribution >= 4 is 21.8 Å². The second-order valence-corrected chi connectivity index (χ2v) is 4.70. The van der Waals surface area contributed by atoms with Crippen LogP contribution in [0.5, 0.6) is 0 Å². The maximum Gasteiger partial charge on any atom is 0.0519 e. The van der Waals surface area contributed by atoms with Gasteiger partial charge < -0.3 is 10.3 Å². The molecule has 0 spiro atoms. The smallest absolute Gasteiger partial charge is 0.0519 e. The molecule has 3 nitrogen and oxygen atoms in total. The zero-order valence-electron chi connectivity index (χ0n) is 10.6. The lowest BCUT2D eigenvalue weighted by Gasteiger charge is -2.01. The molecule has 18 heavy (non-hydrogen) atoms. The highest BCUT2D eigenvalue weighted by molar-refractivity contribution is 6.07. The van der Waals surface area contributed by atoms with Gasteiger partial charge in [0.15, 0.2) is 0 Å². The first-order chi connectivity index (χ1) is 8.81. The lowest BCUT2D eigenvalue weighted by atomic mass is 10.1. The van der Waals surface area contributed by atoms with Crippen LogP contribution in [0.2, 0.25) is 0 Å². The van der Waals surface area contributed by atoms with Crippen LogP contribution >= 0.6 is 0 Å². The van der Waals surface area contributed by atoms with E-state index in [2.05, 4.69) is 40.9 Å². The van der Waals surface area contributed by atoms with E-state index in [1.54, 1.807) is 0 Å². The molecule has 0 aliphatic rings. The summed E-state index contributed by atoms with van der Waals surface area (Å²) >= 11 is 0. The summed E-state index contributed by atoms with van der Waals surface area (Å²) in [6, 6.07) is 8.73. The molecule has 0 fully saturated rings. The van der Waals surface area contributed by atoms with Crippen molar-refractivity contribution in [3.05, 3.63) is 42.2 Å². The highest BCUT2D eigenvalue weighted by Gasteiger charge is 2.08. The van der Waals surface area contributed by atoms with Gasteiger partial charge >= 0.3 is 0 Å². The Balaban J connectivity index is 2.23. The molecule has 0 bridgehead atoms. The van der Waals surface area contributed by atoms with Gasteiger partial charge in [-0.15, -0.1) is 0 Å². The summed E-state index contributed by atoms with van der Waals surface area (Å²) in [5.41, 5.74) is 9.41. The van der Waals surface area contributed by atoms with E-state index in [9.17, 15) is 0 Å². The zero-order valence-corrected chi connectivity index (χ0v) is 10.6. The molecule has 1 aromatic carbocycles. The molecule has 2 heterocycles.